The van der Waals surface area contributed by atoms with E-state index in [2.05, 4.69) is 20.7 Å². The highest BCUT2D eigenvalue weighted by Crippen LogP contribution is 2.39. The zero-order chi connectivity index (χ0) is 21.1. The molecule has 150 valence electrons. The van der Waals surface area contributed by atoms with Crippen molar-refractivity contribution in [3.8, 4) is 0 Å². The number of likely N-dealkylation sites (tertiary alicyclic amines) is 1. The number of hydrogen-bond acceptors (Lipinski definition) is 6. The molecule has 29 heavy (non-hydrogen) atoms. The second kappa shape index (κ2) is 8.59. The molecule has 1 aliphatic heterocycles. The fourth-order valence-corrected chi connectivity index (χ4v) is 3.51. The number of carbonyl (C=O) groups is 3. The summed E-state index contributed by atoms with van der Waals surface area (Å²) in [5, 5.41) is 20.2. The van der Waals surface area contributed by atoms with Gasteiger partial charge < -0.3 is 19.8 Å². The summed E-state index contributed by atoms with van der Waals surface area (Å²) in [6, 6.07) is 12.0. The maximum absolute atomic E-state index is 12.7. The maximum atomic E-state index is 12.7. The molecule has 0 spiro atoms. The van der Waals surface area contributed by atoms with Crippen LogP contribution in [0.2, 0.25) is 0 Å². The highest BCUT2D eigenvalue weighted by atomic mass is 79.9. The van der Waals surface area contributed by atoms with E-state index in [-0.39, 0.29) is 24.5 Å². The Morgan fingerprint density at radius 1 is 1.07 bits per heavy atom. The van der Waals surface area contributed by atoms with Crippen molar-refractivity contribution in [2.24, 2.45) is 0 Å². The predicted octanol–water partition coefficient (Wildman–Crippen LogP) is 2.65. The molecule has 1 saturated heterocycles. The van der Waals surface area contributed by atoms with Crippen molar-refractivity contribution in [3.05, 3.63) is 75.3 Å². The van der Waals surface area contributed by atoms with E-state index in [4.69, 9.17) is 0 Å². The van der Waals surface area contributed by atoms with E-state index in [0.29, 0.717) is 16.7 Å². The van der Waals surface area contributed by atoms with Crippen LogP contribution in [0.15, 0.2) is 58.6 Å². The van der Waals surface area contributed by atoms with Gasteiger partial charge in [0.2, 0.25) is 0 Å². The summed E-state index contributed by atoms with van der Waals surface area (Å²) < 4.78 is 5.47. The quantitative estimate of drug-likeness (QED) is 0.308. The van der Waals surface area contributed by atoms with Crippen molar-refractivity contribution in [1.82, 2.24) is 4.90 Å². The molecule has 0 bridgehead atoms. The van der Waals surface area contributed by atoms with Crippen LogP contribution in [0.5, 0.6) is 0 Å². The second-order valence-electron chi connectivity index (χ2n) is 6.34. The summed E-state index contributed by atoms with van der Waals surface area (Å²) in [5.74, 6) is -2.46. The lowest BCUT2D eigenvalue weighted by Crippen LogP contribution is -2.32. The molecule has 1 atom stereocenters. The van der Waals surface area contributed by atoms with E-state index >= 15 is 0 Å². The summed E-state index contributed by atoms with van der Waals surface area (Å²) in [4.78, 5) is 38.1. The van der Waals surface area contributed by atoms with Crippen LogP contribution in [0.3, 0.4) is 0 Å². The van der Waals surface area contributed by atoms with Gasteiger partial charge in [0.15, 0.2) is 0 Å². The van der Waals surface area contributed by atoms with Gasteiger partial charge in [0.1, 0.15) is 5.76 Å². The molecular formula is C21H18BrNO6. The molecule has 0 aliphatic carbocycles. The van der Waals surface area contributed by atoms with Crippen LogP contribution in [-0.4, -0.2) is 53.0 Å². The molecule has 1 aliphatic rings. The van der Waals surface area contributed by atoms with Crippen LogP contribution >= 0.6 is 15.9 Å². The minimum absolute atomic E-state index is 0.0726. The van der Waals surface area contributed by atoms with E-state index in [9.17, 15) is 24.6 Å². The molecule has 0 radical (unpaired) electrons. The number of ketones is 1. The molecule has 3 rings (SSSR count). The number of carbonyl (C=O) groups excluding carboxylic acids is 3. The van der Waals surface area contributed by atoms with Crippen LogP contribution in [0.4, 0.5) is 0 Å². The van der Waals surface area contributed by atoms with Gasteiger partial charge in [0, 0.05) is 16.6 Å². The normalized spacial score (nSPS) is 18.2. The Morgan fingerprint density at radius 2 is 1.66 bits per heavy atom. The Balaban J connectivity index is 2.13. The molecular weight excluding hydrogens is 442 g/mol. The zero-order valence-electron chi connectivity index (χ0n) is 15.5. The highest BCUT2D eigenvalue weighted by Gasteiger charge is 2.45. The molecule has 1 amide bonds. The number of hydrogen-bond donors (Lipinski definition) is 2. The van der Waals surface area contributed by atoms with Crippen LogP contribution < -0.4 is 0 Å². The fraction of sp³-hybridized carbons (Fsp3) is 0.190. The fourth-order valence-electron chi connectivity index (χ4n) is 3.25. The number of ether oxygens (including phenoxy) is 1. The van der Waals surface area contributed by atoms with Crippen LogP contribution in [0.25, 0.3) is 5.76 Å². The Labute approximate surface area is 175 Å². The first-order chi connectivity index (χ1) is 13.9. The van der Waals surface area contributed by atoms with Gasteiger partial charge >= 0.3 is 5.97 Å². The van der Waals surface area contributed by atoms with Gasteiger partial charge in [-0.15, -0.1) is 0 Å². The van der Waals surface area contributed by atoms with E-state index in [1.807, 2.05) is 0 Å². The van der Waals surface area contributed by atoms with Gasteiger partial charge in [-0.25, -0.2) is 4.79 Å². The molecule has 1 heterocycles. The maximum Gasteiger partial charge on any atom is 0.337 e. The summed E-state index contributed by atoms with van der Waals surface area (Å²) in [6.07, 6.45) is 0. The van der Waals surface area contributed by atoms with Gasteiger partial charge in [0.25, 0.3) is 11.7 Å². The Hall–Kier alpha value is -2.97. The molecule has 1 unspecified atom stereocenters. The monoisotopic (exact) mass is 459 g/mol. The molecule has 7 nitrogen and oxygen atoms in total. The van der Waals surface area contributed by atoms with E-state index < -0.39 is 23.7 Å². The number of amides is 1. The smallest absolute Gasteiger partial charge is 0.337 e. The number of Topliss-reactive ketones (excluding diaryl/α,β-unsaturated/α-hetero) is 1. The molecule has 0 saturated carbocycles. The van der Waals surface area contributed by atoms with E-state index in [0.717, 1.165) is 4.47 Å². The minimum atomic E-state index is -0.891. The number of nitrogens with zero attached hydrogens (tertiary/aromatic N) is 1. The average molecular weight is 460 g/mol. The van der Waals surface area contributed by atoms with Gasteiger partial charge in [0.05, 0.1) is 30.9 Å². The van der Waals surface area contributed by atoms with Crippen LogP contribution in [0.1, 0.15) is 27.5 Å². The van der Waals surface area contributed by atoms with Gasteiger partial charge in [-0.1, -0.05) is 40.2 Å². The number of aliphatic hydroxyl groups is 2. The van der Waals surface area contributed by atoms with Crippen molar-refractivity contribution < 1.29 is 29.3 Å². The second-order valence-corrected chi connectivity index (χ2v) is 7.25. The lowest BCUT2D eigenvalue weighted by Gasteiger charge is -2.24. The summed E-state index contributed by atoms with van der Waals surface area (Å²) in [7, 11) is 1.27. The van der Waals surface area contributed by atoms with E-state index in [1.165, 1.54) is 24.1 Å². The summed E-state index contributed by atoms with van der Waals surface area (Å²) >= 11 is 3.31. The van der Waals surface area contributed by atoms with Crippen molar-refractivity contribution in [2.45, 2.75) is 6.04 Å². The topological polar surface area (TPSA) is 104 Å². The van der Waals surface area contributed by atoms with Crippen molar-refractivity contribution in [1.29, 1.82) is 0 Å². The number of halogens is 1. The minimum Gasteiger partial charge on any atom is -0.507 e. The number of methoxy groups -OCH3 is 1. The number of rotatable bonds is 5. The third kappa shape index (κ3) is 3.94. The SMILES string of the molecule is COC(=O)c1ccc(C2/C(=C(/O)c3ccc(Br)cc3)C(=O)C(=O)N2CCO)cc1. The number of β-amino-alcohol motifs (C(OH)–C–C–N with tert-alkyl or cyclic N) is 1. The van der Waals surface area contributed by atoms with Crippen molar-refractivity contribution in [3.63, 3.8) is 0 Å². The first-order valence-electron chi connectivity index (χ1n) is 8.72. The molecule has 2 aromatic carbocycles. The van der Waals surface area contributed by atoms with Gasteiger partial charge in [-0.3, -0.25) is 9.59 Å². The Bertz CT molecular complexity index is 981. The van der Waals surface area contributed by atoms with Gasteiger partial charge in [-0.05, 0) is 29.8 Å². The number of esters is 1. The average Bonchev–Trinajstić information content (AvgIpc) is 2.98. The molecule has 8 heteroatoms. The molecule has 2 aromatic rings. The summed E-state index contributed by atoms with van der Waals surface area (Å²) in [6.45, 7) is -0.423. The first-order valence-corrected chi connectivity index (χ1v) is 9.51. The molecule has 1 fully saturated rings. The largest absolute Gasteiger partial charge is 0.507 e. The van der Waals surface area contributed by atoms with Crippen molar-refractivity contribution in [2.75, 3.05) is 20.3 Å². The lowest BCUT2D eigenvalue weighted by molar-refractivity contribution is -0.140. The molecule has 0 aromatic heterocycles. The zero-order valence-corrected chi connectivity index (χ0v) is 17.0. The molecule has 2 N–H and O–H groups in total. The number of benzene rings is 2. The van der Waals surface area contributed by atoms with E-state index in [1.54, 1.807) is 36.4 Å². The standard InChI is InChI=1S/C21H18BrNO6/c1-29-21(28)14-4-2-12(3-5-14)17-16(19(26)20(27)23(17)10-11-24)18(25)13-6-8-15(22)9-7-13/h2-9,17,24-25H,10-11H2,1H3/b18-16-. The first kappa shape index (κ1) is 20.8. The van der Waals surface area contributed by atoms with Crippen molar-refractivity contribution >= 4 is 39.3 Å². The van der Waals surface area contributed by atoms with Gasteiger partial charge in [-0.2, -0.15) is 0 Å². The number of aliphatic hydroxyl groups excluding tert-OH is 2. The predicted molar refractivity (Wildman–Crippen MR) is 108 cm³/mol. The Morgan fingerprint density at radius 3 is 2.21 bits per heavy atom. The lowest BCUT2D eigenvalue weighted by atomic mass is 9.94. The third-order valence-corrected chi connectivity index (χ3v) is 5.17. The third-order valence-electron chi connectivity index (χ3n) is 4.65. The van der Waals surface area contributed by atoms with Crippen LogP contribution in [0, 0.1) is 0 Å². The Kier molecular flexibility index (Phi) is 6.14. The summed E-state index contributed by atoms with van der Waals surface area (Å²) in [5.41, 5.74) is 1.13. The highest BCUT2D eigenvalue weighted by molar-refractivity contribution is 9.10. The van der Waals surface area contributed by atoms with Crippen LogP contribution in [-0.2, 0) is 14.3 Å².